The normalized spacial score (nSPS) is 20.7. The van der Waals surface area contributed by atoms with Gasteiger partial charge in [0.25, 0.3) is 0 Å². The third-order valence-electron chi connectivity index (χ3n) is 2.91. The monoisotopic (exact) mass is 306 g/mol. The molecule has 9 heteroatoms. The third-order valence-corrected chi connectivity index (χ3v) is 5.72. The molecule has 1 atom stereocenters. The molecule has 0 spiro atoms. The van der Waals surface area contributed by atoms with Crippen molar-refractivity contribution in [1.29, 1.82) is 0 Å². The molecule has 1 aromatic heterocycles. The Labute approximate surface area is 117 Å². The van der Waals surface area contributed by atoms with Gasteiger partial charge in [-0.15, -0.1) is 0 Å². The second-order valence-electron chi connectivity index (χ2n) is 4.57. The first kappa shape index (κ1) is 14.5. The lowest BCUT2D eigenvalue weighted by Crippen LogP contribution is -2.31. The molecule has 0 aliphatic carbocycles. The van der Waals surface area contributed by atoms with Crippen LogP contribution in [0.2, 0.25) is 0 Å². The lowest BCUT2D eigenvalue weighted by atomic mass is 10.1. The van der Waals surface area contributed by atoms with E-state index in [1.54, 1.807) is 0 Å². The zero-order valence-corrected chi connectivity index (χ0v) is 12.6. The maximum atomic E-state index is 12.2. The van der Waals surface area contributed by atoms with Gasteiger partial charge in [0.15, 0.2) is 10.7 Å². The molecule has 1 aliphatic heterocycles. The first-order chi connectivity index (χ1) is 8.93. The van der Waals surface area contributed by atoms with Crippen LogP contribution in [0.3, 0.4) is 0 Å². The van der Waals surface area contributed by atoms with Gasteiger partial charge in [-0.1, -0.05) is 0 Å². The smallest absolute Gasteiger partial charge is 0.249 e. The van der Waals surface area contributed by atoms with Crippen LogP contribution >= 0.6 is 11.5 Å². The molecule has 3 N–H and O–H groups in total. The van der Waals surface area contributed by atoms with Crippen LogP contribution in [0.25, 0.3) is 0 Å². The molecule has 2 rings (SSSR count). The Bertz CT molecular complexity index is 535. The molecule has 1 aromatic rings. The van der Waals surface area contributed by atoms with Gasteiger partial charge in [0.1, 0.15) is 5.00 Å². The van der Waals surface area contributed by atoms with E-state index in [9.17, 15) is 8.42 Å². The van der Waals surface area contributed by atoms with Crippen molar-refractivity contribution in [2.45, 2.75) is 23.8 Å². The van der Waals surface area contributed by atoms with Crippen LogP contribution in [-0.4, -0.2) is 50.4 Å². The van der Waals surface area contributed by atoms with E-state index in [2.05, 4.69) is 9.69 Å². The van der Waals surface area contributed by atoms with Crippen molar-refractivity contribution in [3.05, 3.63) is 0 Å². The maximum absolute atomic E-state index is 12.2. The summed E-state index contributed by atoms with van der Waals surface area (Å²) in [5.41, 5.74) is 5.69. The summed E-state index contributed by atoms with van der Waals surface area (Å²) in [6.07, 6.45) is 1.90. The number of nitrogens with two attached hydrogens (primary N) is 1. The van der Waals surface area contributed by atoms with Gasteiger partial charge in [-0.2, -0.15) is 4.37 Å². The average Bonchev–Trinajstić information content (AvgIpc) is 2.72. The molecule has 7 nitrogen and oxygen atoms in total. The average molecular weight is 306 g/mol. The van der Waals surface area contributed by atoms with Crippen molar-refractivity contribution in [2.24, 2.45) is 0 Å². The fourth-order valence-electron chi connectivity index (χ4n) is 1.86. The van der Waals surface area contributed by atoms with Crippen molar-refractivity contribution < 1.29 is 13.2 Å². The molecular formula is C10H18N4O3S2. The van der Waals surface area contributed by atoms with Crippen molar-refractivity contribution in [3.63, 3.8) is 0 Å². The summed E-state index contributed by atoms with van der Waals surface area (Å²) in [6, 6.07) is 0.102. The van der Waals surface area contributed by atoms with Crippen LogP contribution in [0.15, 0.2) is 4.90 Å². The van der Waals surface area contributed by atoms with E-state index in [4.69, 9.17) is 10.5 Å². The van der Waals surface area contributed by atoms with E-state index >= 15 is 0 Å². The Balaban J connectivity index is 2.27. The lowest BCUT2D eigenvalue weighted by Gasteiger charge is -2.24. The second kappa shape index (κ2) is 5.61. The molecule has 19 heavy (non-hydrogen) atoms. The largest absolute Gasteiger partial charge is 0.382 e. The molecule has 0 bridgehead atoms. The minimum atomic E-state index is -3.59. The number of rotatable bonds is 4. The highest BCUT2D eigenvalue weighted by molar-refractivity contribution is 7.89. The first-order valence-corrected chi connectivity index (χ1v) is 8.16. The number of ether oxygens (including phenoxy) is 1. The van der Waals surface area contributed by atoms with Gasteiger partial charge in [-0.05, 0) is 24.4 Å². The van der Waals surface area contributed by atoms with Crippen LogP contribution in [0.4, 0.5) is 10.8 Å². The number of hydrogen-bond acceptors (Lipinski definition) is 7. The Morgan fingerprint density at radius 3 is 2.84 bits per heavy atom. The molecule has 0 amide bonds. The van der Waals surface area contributed by atoms with Crippen molar-refractivity contribution in [2.75, 3.05) is 38.4 Å². The Kier molecular flexibility index (Phi) is 4.29. The van der Waals surface area contributed by atoms with Crippen LogP contribution in [0.1, 0.15) is 12.8 Å². The van der Waals surface area contributed by atoms with Crippen LogP contribution in [0, 0.1) is 0 Å². The summed E-state index contributed by atoms with van der Waals surface area (Å²) in [4.78, 5) is 0.0630. The van der Waals surface area contributed by atoms with E-state index < -0.39 is 10.0 Å². The zero-order chi connectivity index (χ0) is 14.0. The quantitative estimate of drug-likeness (QED) is 0.844. The van der Waals surface area contributed by atoms with Crippen molar-refractivity contribution in [1.82, 2.24) is 8.68 Å². The number of nitrogen functional groups attached to an aromatic ring is 1. The number of anilines is 2. The topological polar surface area (TPSA) is 97.6 Å². The SMILES string of the molecule is CN(C)S(=O)(=O)c1c(N)nsc1NC1CCCOC1. The summed E-state index contributed by atoms with van der Waals surface area (Å²) in [5.74, 6) is 0.0397. The number of nitrogens with one attached hydrogen (secondary N) is 1. The zero-order valence-electron chi connectivity index (χ0n) is 10.9. The minimum Gasteiger partial charge on any atom is -0.382 e. The highest BCUT2D eigenvalue weighted by Crippen LogP contribution is 2.34. The molecule has 2 heterocycles. The molecule has 0 saturated carbocycles. The van der Waals surface area contributed by atoms with Gasteiger partial charge in [-0.25, -0.2) is 12.7 Å². The fourth-order valence-corrected chi connectivity index (χ4v) is 4.00. The Morgan fingerprint density at radius 2 is 2.26 bits per heavy atom. The molecule has 1 saturated heterocycles. The highest BCUT2D eigenvalue weighted by Gasteiger charge is 2.29. The number of hydrogen-bond donors (Lipinski definition) is 2. The number of sulfonamides is 1. The minimum absolute atomic E-state index is 0.0397. The summed E-state index contributed by atoms with van der Waals surface area (Å²) in [7, 11) is -0.648. The van der Waals surface area contributed by atoms with Crippen molar-refractivity contribution in [3.8, 4) is 0 Å². The van der Waals surface area contributed by atoms with E-state index in [1.807, 2.05) is 0 Å². The van der Waals surface area contributed by atoms with Gasteiger partial charge < -0.3 is 15.8 Å². The summed E-state index contributed by atoms with van der Waals surface area (Å²) >= 11 is 1.07. The fraction of sp³-hybridized carbons (Fsp3) is 0.700. The Morgan fingerprint density at radius 1 is 1.53 bits per heavy atom. The standard InChI is InChI=1S/C10H18N4O3S2/c1-14(2)19(15,16)8-9(11)13-18-10(8)12-7-4-3-5-17-6-7/h7,12H,3-6H2,1-2H3,(H2,11,13). The molecule has 0 radical (unpaired) electrons. The third kappa shape index (κ3) is 2.99. The number of aromatic nitrogens is 1. The molecule has 108 valence electrons. The van der Waals surface area contributed by atoms with E-state index in [-0.39, 0.29) is 16.8 Å². The highest BCUT2D eigenvalue weighted by atomic mass is 32.2. The molecule has 1 unspecified atom stereocenters. The van der Waals surface area contributed by atoms with Gasteiger partial charge >= 0.3 is 0 Å². The second-order valence-corrected chi connectivity index (χ2v) is 7.43. The van der Waals surface area contributed by atoms with E-state index in [0.717, 1.165) is 35.3 Å². The summed E-state index contributed by atoms with van der Waals surface area (Å²) in [5, 5.41) is 3.66. The molecule has 1 fully saturated rings. The van der Waals surface area contributed by atoms with E-state index in [0.29, 0.717) is 11.6 Å². The van der Waals surface area contributed by atoms with Crippen LogP contribution in [0.5, 0.6) is 0 Å². The van der Waals surface area contributed by atoms with Crippen LogP contribution < -0.4 is 11.1 Å². The predicted molar refractivity (Wildman–Crippen MR) is 74.9 cm³/mol. The molecule has 0 aromatic carbocycles. The maximum Gasteiger partial charge on any atom is 0.249 e. The van der Waals surface area contributed by atoms with Gasteiger partial charge in [0.05, 0.1) is 12.6 Å². The summed E-state index contributed by atoms with van der Waals surface area (Å²) in [6.45, 7) is 1.32. The van der Waals surface area contributed by atoms with E-state index in [1.165, 1.54) is 14.1 Å². The lowest BCUT2D eigenvalue weighted by molar-refractivity contribution is 0.0876. The van der Waals surface area contributed by atoms with Crippen molar-refractivity contribution >= 4 is 32.4 Å². The summed E-state index contributed by atoms with van der Waals surface area (Å²) < 4.78 is 34.9. The van der Waals surface area contributed by atoms with Gasteiger partial charge in [0.2, 0.25) is 10.0 Å². The van der Waals surface area contributed by atoms with Gasteiger partial charge in [-0.3, -0.25) is 0 Å². The molecule has 1 aliphatic rings. The predicted octanol–water partition coefficient (Wildman–Crippen LogP) is 0.566. The molecular weight excluding hydrogens is 288 g/mol. The van der Waals surface area contributed by atoms with Gasteiger partial charge in [0, 0.05) is 20.7 Å². The first-order valence-electron chi connectivity index (χ1n) is 5.95. The number of nitrogens with zero attached hydrogens (tertiary/aromatic N) is 2. The van der Waals surface area contributed by atoms with Crippen LogP contribution in [-0.2, 0) is 14.8 Å². The Hall–Kier alpha value is -0.900.